The zero-order chi connectivity index (χ0) is 22.0. The maximum Gasteiger partial charge on any atom is 0.133 e. The summed E-state index contributed by atoms with van der Waals surface area (Å²) < 4.78 is 7.58. The third-order valence-corrected chi connectivity index (χ3v) is 7.20. The second-order valence-corrected chi connectivity index (χ2v) is 13.7. The molecule has 1 atom stereocenters. The number of unbranched alkanes of at least 4 members (excludes halogenated alkanes) is 1. The molecule has 1 N–H and O–H groups in total. The van der Waals surface area contributed by atoms with Crippen molar-refractivity contribution >= 4 is 26.7 Å². The maximum atomic E-state index is 10.8. The highest BCUT2D eigenvalue weighted by Gasteiger charge is 2.23. The van der Waals surface area contributed by atoms with Gasteiger partial charge >= 0.3 is 0 Å². The van der Waals surface area contributed by atoms with E-state index in [-0.39, 0.29) is 11.8 Å². The molecule has 7 nitrogen and oxygen atoms in total. The Balaban J connectivity index is 1.66. The van der Waals surface area contributed by atoms with Gasteiger partial charge in [-0.3, -0.25) is 9.67 Å². The Hall–Kier alpha value is -2.32. The Bertz CT molecular complexity index is 1050. The molecular formula is C23H33N5O2S. The van der Waals surface area contributed by atoms with E-state index >= 15 is 0 Å². The second-order valence-electron chi connectivity index (χ2n) is 9.11. The number of anilines is 1. The highest BCUT2D eigenvalue weighted by atomic mass is 32.3. The van der Waals surface area contributed by atoms with Gasteiger partial charge < -0.3 is 14.7 Å². The first-order valence-corrected chi connectivity index (χ1v) is 13.9. The molecule has 3 aromatic heterocycles. The van der Waals surface area contributed by atoms with E-state index in [4.69, 9.17) is 9.72 Å². The Morgan fingerprint density at radius 1 is 1.19 bits per heavy atom. The minimum Gasteiger partial charge on any atom is -0.507 e. The number of ether oxygens (including phenoxy) is 1. The summed E-state index contributed by atoms with van der Waals surface area (Å²) in [5.41, 5.74) is 2.40. The van der Waals surface area contributed by atoms with Crippen LogP contribution in [0.3, 0.4) is 0 Å². The van der Waals surface area contributed by atoms with E-state index in [2.05, 4.69) is 40.7 Å². The van der Waals surface area contributed by atoms with Crippen molar-refractivity contribution in [1.82, 2.24) is 19.7 Å². The summed E-state index contributed by atoms with van der Waals surface area (Å²) in [5.74, 6) is 2.25. The number of fused-ring (bicyclic) bond motifs is 1. The molecule has 1 saturated heterocycles. The average molecular weight is 444 g/mol. The van der Waals surface area contributed by atoms with Gasteiger partial charge in [-0.2, -0.15) is 5.10 Å². The van der Waals surface area contributed by atoms with Gasteiger partial charge in [0.25, 0.3) is 0 Å². The number of rotatable bonds is 7. The molecule has 3 aromatic rings. The number of hydrogen-bond donors (Lipinski definition) is 1. The van der Waals surface area contributed by atoms with Gasteiger partial charge in [0.05, 0.1) is 24.9 Å². The smallest absolute Gasteiger partial charge is 0.133 e. The van der Waals surface area contributed by atoms with E-state index in [0.29, 0.717) is 24.1 Å². The first-order valence-electron chi connectivity index (χ1n) is 10.8. The monoisotopic (exact) mass is 443 g/mol. The molecule has 8 heteroatoms. The van der Waals surface area contributed by atoms with Crippen molar-refractivity contribution in [2.75, 3.05) is 49.2 Å². The van der Waals surface area contributed by atoms with Gasteiger partial charge in [-0.15, -0.1) is 0 Å². The van der Waals surface area contributed by atoms with Gasteiger partial charge in [0.2, 0.25) is 0 Å². The minimum absolute atomic E-state index is 0.202. The molecule has 31 heavy (non-hydrogen) atoms. The molecular weight excluding hydrogens is 410 g/mol. The summed E-state index contributed by atoms with van der Waals surface area (Å²) in [6.07, 6.45) is 12.9. The van der Waals surface area contributed by atoms with Crippen molar-refractivity contribution in [2.24, 2.45) is 0 Å². The number of pyridine rings is 2. The molecule has 0 unspecified atom stereocenters. The fourth-order valence-electron chi connectivity index (χ4n) is 4.03. The van der Waals surface area contributed by atoms with Crippen LogP contribution in [0.5, 0.6) is 5.75 Å². The molecule has 1 aliphatic heterocycles. The van der Waals surface area contributed by atoms with Gasteiger partial charge in [0, 0.05) is 36.9 Å². The quantitative estimate of drug-likeness (QED) is 0.558. The van der Waals surface area contributed by atoms with E-state index in [0.717, 1.165) is 36.7 Å². The fraction of sp³-hybridized carbons (Fsp3) is 0.522. The summed E-state index contributed by atoms with van der Waals surface area (Å²) in [6.45, 7) is 5.03. The third-order valence-electron chi connectivity index (χ3n) is 5.69. The molecule has 0 aromatic carbocycles. The number of aromatic nitrogens is 4. The maximum absolute atomic E-state index is 10.8. The van der Waals surface area contributed by atoms with Crippen LogP contribution in [-0.4, -0.2) is 75.2 Å². The van der Waals surface area contributed by atoms with Crippen molar-refractivity contribution in [1.29, 1.82) is 0 Å². The lowest BCUT2D eigenvalue weighted by molar-refractivity contribution is 0.0985. The molecule has 0 aliphatic carbocycles. The van der Waals surface area contributed by atoms with Gasteiger partial charge in [0.15, 0.2) is 0 Å². The van der Waals surface area contributed by atoms with Gasteiger partial charge in [-0.25, -0.2) is 15.0 Å². The number of morpholine rings is 1. The van der Waals surface area contributed by atoms with Gasteiger partial charge in [-0.05, 0) is 56.4 Å². The molecule has 1 aliphatic rings. The van der Waals surface area contributed by atoms with Crippen molar-refractivity contribution in [3.8, 4) is 17.1 Å². The van der Waals surface area contributed by atoms with Crippen molar-refractivity contribution in [2.45, 2.75) is 32.4 Å². The number of nitrogens with zero attached hydrogens (tertiary/aromatic N) is 5. The third kappa shape index (κ3) is 4.96. The molecule has 0 radical (unpaired) electrons. The van der Waals surface area contributed by atoms with Crippen LogP contribution in [-0.2, 0) is 11.3 Å². The average Bonchev–Trinajstić information content (AvgIpc) is 3.19. The molecule has 0 bridgehead atoms. The van der Waals surface area contributed by atoms with E-state index in [1.54, 1.807) is 12.3 Å². The van der Waals surface area contributed by atoms with Crippen LogP contribution in [0.25, 0.3) is 22.3 Å². The molecule has 4 heterocycles. The number of aryl methyl sites for hydroxylation is 1. The summed E-state index contributed by atoms with van der Waals surface area (Å²) >= 11 is 0. The topological polar surface area (TPSA) is 76.3 Å². The zero-order valence-corrected chi connectivity index (χ0v) is 19.7. The largest absolute Gasteiger partial charge is 0.507 e. The van der Waals surface area contributed by atoms with E-state index in [9.17, 15) is 5.11 Å². The Kier molecular flexibility index (Phi) is 6.39. The predicted octanol–water partition coefficient (Wildman–Crippen LogP) is 3.90. The highest BCUT2D eigenvalue weighted by Crippen LogP contribution is 2.36. The SMILES string of the molecule is C[C@@H]1COCCN1c1cc(O)c2ccnc(-c3ccnn3CCCCS(C)(C)C)c2n1. The van der Waals surface area contributed by atoms with Crippen LogP contribution in [0.4, 0.5) is 5.82 Å². The normalized spacial score (nSPS) is 17.9. The van der Waals surface area contributed by atoms with Crippen molar-refractivity contribution in [3.05, 3.63) is 30.6 Å². The van der Waals surface area contributed by atoms with Gasteiger partial charge in [-0.1, -0.05) is 0 Å². The molecule has 1 fully saturated rings. The standard InChI is InChI=1S/C23H33N5O2S/c1-17-16-30-13-12-27(17)21-15-20(29)18-7-9-24-23(22(18)26-21)19-8-10-25-28(19)11-5-6-14-31(2,3)4/h7-10,15,17H,5-6,11-14,16H2,1-4H3,(H,26,29)/t17-/m1/s1. The summed E-state index contributed by atoms with van der Waals surface area (Å²) in [7, 11) is -0.474. The molecule has 0 saturated carbocycles. The lowest BCUT2D eigenvalue weighted by atomic mass is 10.1. The van der Waals surface area contributed by atoms with Crippen LogP contribution in [0.15, 0.2) is 30.6 Å². The van der Waals surface area contributed by atoms with E-state index in [1.165, 1.54) is 12.2 Å². The first kappa shape index (κ1) is 21.9. The summed E-state index contributed by atoms with van der Waals surface area (Å²) in [5, 5.41) is 16.0. The number of hydrogen-bond acceptors (Lipinski definition) is 6. The molecule has 4 rings (SSSR count). The van der Waals surface area contributed by atoms with Gasteiger partial charge in [0.1, 0.15) is 22.8 Å². The lowest BCUT2D eigenvalue weighted by Gasteiger charge is -2.34. The van der Waals surface area contributed by atoms with E-state index in [1.807, 2.05) is 23.0 Å². The molecule has 0 amide bonds. The Labute approximate surface area is 185 Å². The van der Waals surface area contributed by atoms with Crippen LogP contribution < -0.4 is 4.90 Å². The summed E-state index contributed by atoms with van der Waals surface area (Å²) in [4.78, 5) is 11.8. The fourth-order valence-corrected chi connectivity index (χ4v) is 5.10. The lowest BCUT2D eigenvalue weighted by Crippen LogP contribution is -2.44. The molecule has 168 valence electrons. The highest BCUT2D eigenvalue weighted by molar-refractivity contribution is 8.32. The Morgan fingerprint density at radius 3 is 2.81 bits per heavy atom. The first-order chi connectivity index (χ1) is 14.8. The van der Waals surface area contributed by atoms with Crippen LogP contribution >= 0.6 is 10.0 Å². The van der Waals surface area contributed by atoms with Crippen LogP contribution in [0.1, 0.15) is 19.8 Å². The zero-order valence-electron chi connectivity index (χ0n) is 18.9. The Morgan fingerprint density at radius 2 is 2.03 bits per heavy atom. The second kappa shape index (κ2) is 9.04. The molecule has 0 spiro atoms. The number of aromatic hydroxyl groups is 1. The predicted molar refractivity (Wildman–Crippen MR) is 130 cm³/mol. The minimum atomic E-state index is -0.474. The summed E-state index contributed by atoms with van der Waals surface area (Å²) in [6, 6.07) is 5.76. The van der Waals surface area contributed by atoms with Crippen molar-refractivity contribution < 1.29 is 9.84 Å². The van der Waals surface area contributed by atoms with Crippen LogP contribution in [0, 0.1) is 0 Å². The van der Waals surface area contributed by atoms with Crippen LogP contribution in [0.2, 0.25) is 0 Å². The van der Waals surface area contributed by atoms with Crippen molar-refractivity contribution in [3.63, 3.8) is 0 Å². The van der Waals surface area contributed by atoms with E-state index < -0.39 is 10.0 Å².